The number of methoxy groups -OCH3 is 1. The van der Waals surface area contributed by atoms with Crippen LogP contribution in [0.25, 0.3) is 0 Å². The van der Waals surface area contributed by atoms with Crippen LogP contribution >= 0.6 is 7.60 Å². The molecular weight excluding hydrogens is 272 g/mol. The first-order chi connectivity index (χ1) is 8.89. The summed E-state index contributed by atoms with van der Waals surface area (Å²) in [6, 6.07) is -0.227. The van der Waals surface area contributed by atoms with Crippen LogP contribution in [-0.2, 0) is 23.3 Å². The second kappa shape index (κ2) is 7.74. The lowest BCUT2D eigenvalue weighted by Crippen LogP contribution is -2.38. The number of rotatable bonds is 8. The van der Waals surface area contributed by atoms with Crippen molar-refractivity contribution in [3.8, 4) is 0 Å². The van der Waals surface area contributed by atoms with E-state index in [9.17, 15) is 9.46 Å². The van der Waals surface area contributed by atoms with E-state index in [0.717, 1.165) is 6.66 Å². The molecule has 1 heterocycles. The molecule has 1 saturated heterocycles. The summed E-state index contributed by atoms with van der Waals surface area (Å²) in [4.78, 5) is 9.40. The van der Waals surface area contributed by atoms with E-state index in [0.29, 0.717) is 19.6 Å². The van der Waals surface area contributed by atoms with E-state index in [1.165, 1.54) is 7.11 Å². The van der Waals surface area contributed by atoms with Gasteiger partial charge in [0, 0.05) is 20.4 Å². The van der Waals surface area contributed by atoms with Gasteiger partial charge in [0.1, 0.15) is 26.2 Å². The lowest BCUT2D eigenvalue weighted by molar-refractivity contribution is -0.0244. The quantitative estimate of drug-likeness (QED) is 0.334. The molecule has 0 amide bonds. The van der Waals surface area contributed by atoms with Gasteiger partial charge in [-0.25, -0.2) is 0 Å². The van der Waals surface area contributed by atoms with Crippen molar-refractivity contribution in [3.63, 3.8) is 0 Å². The highest BCUT2D eigenvalue weighted by Gasteiger charge is 2.46. The summed E-state index contributed by atoms with van der Waals surface area (Å²) in [6.07, 6.45) is -0.711. The second-order valence-electron chi connectivity index (χ2n) is 4.69. The summed E-state index contributed by atoms with van der Waals surface area (Å²) in [5.41, 5.74) is 5.41. The zero-order valence-corrected chi connectivity index (χ0v) is 12.5. The maximum Gasteiger partial charge on any atom is 0.325 e. The van der Waals surface area contributed by atoms with Crippen molar-refractivity contribution < 1.29 is 28.2 Å². The van der Waals surface area contributed by atoms with Crippen molar-refractivity contribution in [3.05, 3.63) is 0 Å². The largest absolute Gasteiger partial charge is 0.382 e. The molecule has 1 aliphatic rings. The van der Waals surface area contributed by atoms with Crippen LogP contribution in [0.3, 0.4) is 0 Å². The zero-order valence-electron chi connectivity index (χ0n) is 11.7. The van der Waals surface area contributed by atoms with Gasteiger partial charge in [0.15, 0.2) is 0 Å². The topological polar surface area (TPSA) is 100 Å². The van der Waals surface area contributed by atoms with Gasteiger partial charge in [0.2, 0.25) is 0 Å². The smallest absolute Gasteiger partial charge is 0.325 e. The molecule has 19 heavy (non-hydrogen) atoms. The molecule has 2 unspecified atom stereocenters. The Morgan fingerprint density at radius 2 is 2.16 bits per heavy atom. The van der Waals surface area contributed by atoms with E-state index >= 15 is 0 Å². The molecule has 1 rings (SSSR count). The van der Waals surface area contributed by atoms with Crippen LogP contribution in [0.15, 0.2) is 0 Å². The Labute approximate surface area is 114 Å². The highest BCUT2D eigenvalue weighted by atomic mass is 31.2. The fourth-order valence-electron chi connectivity index (χ4n) is 2.09. The molecule has 9 heteroatoms. The number of nitrogens with two attached hydrogens (primary N) is 1. The predicted octanol–water partition coefficient (Wildman–Crippen LogP) is -1.07. The Morgan fingerprint density at radius 3 is 2.68 bits per heavy atom. The maximum absolute atomic E-state index is 11.5. The number of hydrogen-bond donors (Lipinski definition) is 2. The third-order valence-electron chi connectivity index (χ3n) is 2.85. The van der Waals surface area contributed by atoms with Crippen LogP contribution in [0.4, 0.5) is 0 Å². The summed E-state index contributed by atoms with van der Waals surface area (Å²) in [6.45, 7) is 2.43. The van der Waals surface area contributed by atoms with Crippen molar-refractivity contribution in [1.29, 1.82) is 0 Å². The average molecular weight is 295 g/mol. The summed E-state index contributed by atoms with van der Waals surface area (Å²) in [7, 11) is -0.235. The van der Waals surface area contributed by atoms with Crippen molar-refractivity contribution in [2.75, 3.05) is 33.5 Å². The lowest BCUT2D eigenvalue weighted by atomic mass is 9.93. The predicted molar refractivity (Wildman–Crippen MR) is 73.1 cm³/mol. The van der Waals surface area contributed by atoms with Gasteiger partial charge in [-0.15, -0.1) is 0 Å². The van der Waals surface area contributed by atoms with Crippen molar-refractivity contribution in [1.82, 2.24) is 0 Å². The highest BCUT2D eigenvalue weighted by Crippen LogP contribution is 2.42. The molecule has 112 valence electrons. The average Bonchev–Trinajstić information content (AvgIpc) is 2.56. The Morgan fingerprint density at radius 1 is 1.47 bits per heavy atom. The first-order valence-electron chi connectivity index (χ1n) is 6.33. The molecule has 0 bridgehead atoms. The van der Waals surface area contributed by atoms with Gasteiger partial charge in [-0.3, -0.25) is 9.09 Å². The summed E-state index contributed by atoms with van der Waals surface area (Å²) >= 11 is 0. The molecule has 3 N–H and O–H groups in total. The van der Waals surface area contributed by atoms with Gasteiger partial charge in [-0.2, -0.15) is 0 Å². The first kappa shape index (κ1) is 17.1. The van der Waals surface area contributed by atoms with E-state index in [2.05, 4.69) is 0 Å². The molecule has 1 fully saturated rings. The van der Waals surface area contributed by atoms with Crippen LogP contribution in [0, 0.1) is 0 Å². The summed E-state index contributed by atoms with van der Waals surface area (Å²) < 4.78 is 33.1. The van der Waals surface area contributed by atoms with Gasteiger partial charge in [-0.1, -0.05) is 0 Å². The molecule has 0 spiro atoms. The minimum Gasteiger partial charge on any atom is -0.382 e. The molecule has 0 saturated carbocycles. The van der Waals surface area contributed by atoms with Crippen molar-refractivity contribution in [2.45, 2.75) is 30.7 Å². The molecule has 7 nitrogen and oxygen atoms in total. The molecule has 0 aromatic rings. The Kier molecular flexibility index (Phi) is 6.97. The SMILES string of the molecule is B[C@@H]1O[C@H](COC)[C@H](OP(C)(=O)O)C1OCCCN. The molecule has 0 aromatic carbocycles. The summed E-state index contributed by atoms with van der Waals surface area (Å²) in [5, 5.41) is 0. The Bertz CT molecular complexity index is 314. The first-order valence-corrected chi connectivity index (χ1v) is 8.36. The third kappa shape index (κ3) is 5.51. The summed E-state index contributed by atoms with van der Waals surface area (Å²) in [5.74, 6) is 0. The molecule has 5 atom stereocenters. The minimum atomic E-state index is -3.62. The van der Waals surface area contributed by atoms with Crippen molar-refractivity contribution in [2.24, 2.45) is 5.73 Å². The van der Waals surface area contributed by atoms with Crippen LogP contribution in [0.1, 0.15) is 6.42 Å². The van der Waals surface area contributed by atoms with Gasteiger partial charge >= 0.3 is 7.60 Å². The van der Waals surface area contributed by atoms with E-state index in [1.807, 2.05) is 7.85 Å². The normalized spacial score (nSPS) is 34.3. The molecular formula is C10H23BNO6P. The maximum atomic E-state index is 11.5. The van der Waals surface area contributed by atoms with Crippen LogP contribution in [0.5, 0.6) is 0 Å². The van der Waals surface area contributed by atoms with E-state index in [4.69, 9.17) is 24.5 Å². The van der Waals surface area contributed by atoms with Crippen LogP contribution < -0.4 is 5.73 Å². The molecule has 0 radical (unpaired) electrons. The van der Waals surface area contributed by atoms with Crippen LogP contribution in [-0.4, -0.2) is 70.6 Å². The monoisotopic (exact) mass is 295 g/mol. The Balaban J connectivity index is 2.70. The van der Waals surface area contributed by atoms with Crippen molar-refractivity contribution >= 4 is 15.4 Å². The number of hydrogen-bond acceptors (Lipinski definition) is 6. The third-order valence-corrected chi connectivity index (χ3v) is 3.48. The molecule has 1 aliphatic heterocycles. The standard InChI is InChI=1S/C10H23BNO6P/c1-15-6-7-8(18-19(2,13)14)9(10(11)17-7)16-5-3-4-12/h7-10H,3-6,11-12H2,1-2H3,(H,13,14)/t7-,8+,9?,10-/m1/s1. The highest BCUT2D eigenvalue weighted by molar-refractivity contribution is 7.51. The van der Waals surface area contributed by atoms with Crippen LogP contribution in [0.2, 0.25) is 0 Å². The van der Waals surface area contributed by atoms with Gasteiger partial charge in [0.05, 0.1) is 12.6 Å². The molecule has 0 aromatic heterocycles. The second-order valence-corrected chi connectivity index (χ2v) is 6.50. The van der Waals surface area contributed by atoms with E-state index < -0.39 is 25.9 Å². The zero-order chi connectivity index (χ0) is 14.5. The Hall–Kier alpha value is 0.0549. The van der Waals surface area contributed by atoms with Gasteiger partial charge in [0.25, 0.3) is 0 Å². The van der Waals surface area contributed by atoms with Gasteiger partial charge in [-0.05, 0) is 13.0 Å². The van der Waals surface area contributed by atoms with Gasteiger partial charge < -0.3 is 24.8 Å². The minimum absolute atomic E-state index is 0.227. The van der Waals surface area contributed by atoms with E-state index in [1.54, 1.807) is 0 Å². The fraction of sp³-hybridized carbons (Fsp3) is 1.00. The fourth-order valence-corrected chi connectivity index (χ4v) is 2.80. The number of ether oxygens (including phenoxy) is 3. The van der Waals surface area contributed by atoms with E-state index in [-0.39, 0.29) is 12.6 Å². The lowest BCUT2D eigenvalue weighted by Gasteiger charge is -2.25. The molecule has 0 aliphatic carbocycles.